The molecule has 7 heteroatoms. The first-order valence-electron chi connectivity index (χ1n) is 11.4. The number of esters is 1. The molecule has 3 aromatic carbocycles. The zero-order valence-electron chi connectivity index (χ0n) is 19.8. The Morgan fingerprint density at radius 1 is 0.917 bits per heavy atom. The van der Waals surface area contributed by atoms with Gasteiger partial charge < -0.3 is 10.1 Å². The van der Waals surface area contributed by atoms with Crippen LogP contribution in [-0.2, 0) is 20.9 Å². The summed E-state index contributed by atoms with van der Waals surface area (Å²) in [5.74, 6) is -1.17. The number of Topliss-reactive ketones (excluding diaryl/α,β-unsaturated/α-hetero) is 1. The van der Waals surface area contributed by atoms with E-state index in [1.807, 2.05) is 71.5 Å². The lowest BCUT2D eigenvalue weighted by atomic mass is 10.1. The van der Waals surface area contributed by atoms with Gasteiger partial charge in [0.15, 0.2) is 12.4 Å². The standard InChI is InChI=1S/C29H25N3O4/c1-21(33)30-26-15-12-23(13-16-26)27(34)20-36-28(35)17-14-25-19-32(18-22-8-4-2-5-9-22)31-29(25)24-10-6-3-7-11-24/h2-17,19H,18,20H2,1H3,(H,30,33)/b17-14+. The highest BCUT2D eigenvalue weighted by molar-refractivity contribution is 5.99. The summed E-state index contributed by atoms with van der Waals surface area (Å²) in [5, 5.41) is 7.36. The Kier molecular flexibility index (Phi) is 7.83. The highest BCUT2D eigenvalue weighted by atomic mass is 16.5. The van der Waals surface area contributed by atoms with E-state index in [1.165, 1.54) is 13.0 Å². The summed E-state index contributed by atoms with van der Waals surface area (Å²) < 4.78 is 6.98. The molecule has 0 bridgehead atoms. The topological polar surface area (TPSA) is 90.3 Å². The fourth-order valence-electron chi connectivity index (χ4n) is 3.60. The van der Waals surface area contributed by atoms with Gasteiger partial charge >= 0.3 is 5.97 Å². The molecule has 0 saturated carbocycles. The Balaban J connectivity index is 1.43. The van der Waals surface area contributed by atoms with Crippen molar-refractivity contribution in [2.45, 2.75) is 13.5 Å². The molecule has 0 aliphatic carbocycles. The van der Waals surface area contributed by atoms with Crippen LogP contribution < -0.4 is 5.32 Å². The normalized spacial score (nSPS) is 10.8. The van der Waals surface area contributed by atoms with Crippen molar-refractivity contribution in [2.75, 3.05) is 11.9 Å². The first-order chi connectivity index (χ1) is 17.5. The lowest BCUT2D eigenvalue weighted by Crippen LogP contribution is -2.13. The highest BCUT2D eigenvalue weighted by Gasteiger charge is 2.12. The first-order valence-corrected chi connectivity index (χ1v) is 11.4. The Labute approximate surface area is 209 Å². The third kappa shape index (κ3) is 6.64. The van der Waals surface area contributed by atoms with Gasteiger partial charge in [0, 0.05) is 41.6 Å². The summed E-state index contributed by atoms with van der Waals surface area (Å²) in [5.41, 5.74) is 4.50. The lowest BCUT2D eigenvalue weighted by molar-refractivity contribution is -0.136. The molecule has 0 aliphatic rings. The number of ether oxygens (including phenoxy) is 1. The van der Waals surface area contributed by atoms with Crippen molar-refractivity contribution in [3.8, 4) is 11.3 Å². The SMILES string of the molecule is CC(=O)Nc1ccc(C(=O)COC(=O)/C=C/c2cn(Cc3ccccc3)nc2-c2ccccc2)cc1. The molecule has 0 saturated heterocycles. The number of carbonyl (C=O) groups is 3. The van der Waals surface area contributed by atoms with E-state index in [-0.39, 0.29) is 18.3 Å². The fraction of sp³-hybridized carbons (Fsp3) is 0.103. The third-order valence-electron chi connectivity index (χ3n) is 5.30. The fourth-order valence-corrected chi connectivity index (χ4v) is 3.60. The van der Waals surface area contributed by atoms with E-state index < -0.39 is 5.97 Å². The third-order valence-corrected chi connectivity index (χ3v) is 5.30. The van der Waals surface area contributed by atoms with Crippen LogP contribution in [0.2, 0.25) is 0 Å². The molecule has 0 unspecified atom stereocenters. The van der Waals surface area contributed by atoms with Gasteiger partial charge in [-0.2, -0.15) is 5.10 Å². The molecule has 4 rings (SSSR count). The van der Waals surface area contributed by atoms with E-state index in [9.17, 15) is 14.4 Å². The molecule has 0 fully saturated rings. The number of carbonyl (C=O) groups excluding carboxylic acids is 3. The van der Waals surface area contributed by atoms with Crippen molar-refractivity contribution in [3.63, 3.8) is 0 Å². The maximum atomic E-state index is 12.4. The summed E-state index contributed by atoms with van der Waals surface area (Å²) in [6, 6.07) is 26.1. The van der Waals surface area contributed by atoms with Crippen LogP contribution in [0.3, 0.4) is 0 Å². The van der Waals surface area contributed by atoms with E-state index in [2.05, 4.69) is 5.32 Å². The molecule has 7 nitrogen and oxygen atoms in total. The second-order valence-corrected chi connectivity index (χ2v) is 8.11. The molecule has 1 N–H and O–H groups in total. The van der Waals surface area contributed by atoms with Crippen molar-refractivity contribution in [1.29, 1.82) is 0 Å². The number of aromatic nitrogens is 2. The number of amides is 1. The van der Waals surface area contributed by atoms with Gasteiger partial charge in [-0.1, -0.05) is 60.7 Å². The summed E-state index contributed by atoms with van der Waals surface area (Å²) in [6.07, 6.45) is 4.82. The summed E-state index contributed by atoms with van der Waals surface area (Å²) in [4.78, 5) is 35.8. The lowest BCUT2D eigenvalue weighted by Gasteiger charge is -2.04. The van der Waals surface area contributed by atoms with Crippen LogP contribution in [0.5, 0.6) is 0 Å². The number of hydrogen-bond acceptors (Lipinski definition) is 5. The van der Waals surface area contributed by atoms with E-state index in [1.54, 1.807) is 30.3 Å². The molecule has 0 aliphatic heterocycles. The van der Waals surface area contributed by atoms with Crippen LogP contribution in [-0.4, -0.2) is 34.0 Å². The number of rotatable bonds is 9. The Hall–Kier alpha value is -4.78. The Bertz CT molecular complexity index is 1380. The number of nitrogens with zero attached hydrogens (tertiary/aromatic N) is 2. The van der Waals surface area contributed by atoms with Gasteiger partial charge in [-0.25, -0.2) is 4.79 Å². The van der Waals surface area contributed by atoms with Crippen LogP contribution in [0.4, 0.5) is 5.69 Å². The van der Waals surface area contributed by atoms with Crippen molar-refractivity contribution < 1.29 is 19.1 Å². The maximum Gasteiger partial charge on any atom is 0.331 e. The second kappa shape index (κ2) is 11.6. The van der Waals surface area contributed by atoms with Gasteiger partial charge in [0.25, 0.3) is 0 Å². The molecule has 4 aromatic rings. The van der Waals surface area contributed by atoms with Gasteiger partial charge in [-0.15, -0.1) is 0 Å². The van der Waals surface area contributed by atoms with E-state index in [0.717, 1.165) is 22.4 Å². The van der Waals surface area contributed by atoms with Gasteiger partial charge in [0.1, 0.15) is 0 Å². The van der Waals surface area contributed by atoms with Gasteiger partial charge in [-0.05, 0) is 35.9 Å². The van der Waals surface area contributed by atoms with E-state index >= 15 is 0 Å². The molecule has 0 spiro atoms. The van der Waals surface area contributed by atoms with Gasteiger partial charge in [0.05, 0.1) is 12.2 Å². The van der Waals surface area contributed by atoms with Crippen LogP contribution >= 0.6 is 0 Å². The monoisotopic (exact) mass is 479 g/mol. The molecule has 1 aromatic heterocycles. The maximum absolute atomic E-state index is 12.4. The molecular weight excluding hydrogens is 454 g/mol. The number of nitrogens with one attached hydrogen (secondary N) is 1. The first kappa shape index (κ1) is 24.3. The quantitative estimate of drug-likeness (QED) is 0.207. The summed E-state index contributed by atoms with van der Waals surface area (Å²) in [7, 11) is 0. The summed E-state index contributed by atoms with van der Waals surface area (Å²) >= 11 is 0. The smallest absolute Gasteiger partial charge is 0.331 e. The molecule has 1 heterocycles. The molecule has 1 amide bonds. The Morgan fingerprint density at radius 2 is 1.58 bits per heavy atom. The van der Waals surface area contributed by atoms with Crippen molar-refractivity contribution in [1.82, 2.24) is 9.78 Å². The Morgan fingerprint density at radius 3 is 2.25 bits per heavy atom. The average molecular weight is 480 g/mol. The molecular formula is C29H25N3O4. The van der Waals surface area contributed by atoms with Gasteiger partial charge in [-0.3, -0.25) is 14.3 Å². The minimum absolute atomic E-state index is 0.198. The van der Waals surface area contributed by atoms with E-state index in [4.69, 9.17) is 9.84 Å². The minimum Gasteiger partial charge on any atom is -0.454 e. The zero-order valence-corrected chi connectivity index (χ0v) is 19.8. The molecule has 0 atom stereocenters. The number of ketones is 1. The van der Waals surface area contributed by atoms with Crippen LogP contribution in [0, 0.1) is 0 Å². The number of benzene rings is 3. The van der Waals surface area contributed by atoms with Crippen molar-refractivity contribution in [3.05, 3.63) is 114 Å². The van der Waals surface area contributed by atoms with Crippen LogP contribution in [0.25, 0.3) is 17.3 Å². The zero-order chi connectivity index (χ0) is 25.3. The summed E-state index contributed by atoms with van der Waals surface area (Å²) in [6.45, 7) is 1.61. The van der Waals surface area contributed by atoms with E-state index in [0.29, 0.717) is 17.8 Å². The van der Waals surface area contributed by atoms with Crippen molar-refractivity contribution in [2.24, 2.45) is 0 Å². The number of hydrogen-bond donors (Lipinski definition) is 1. The largest absolute Gasteiger partial charge is 0.454 e. The van der Waals surface area contributed by atoms with Crippen molar-refractivity contribution >= 4 is 29.4 Å². The van der Waals surface area contributed by atoms with Gasteiger partial charge in [0.2, 0.25) is 5.91 Å². The van der Waals surface area contributed by atoms with Crippen LogP contribution in [0.15, 0.2) is 97.2 Å². The van der Waals surface area contributed by atoms with Crippen LogP contribution in [0.1, 0.15) is 28.4 Å². The predicted molar refractivity (Wildman–Crippen MR) is 138 cm³/mol. The predicted octanol–water partition coefficient (Wildman–Crippen LogP) is 5.00. The second-order valence-electron chi connectivity index (χ2n) is 8.11. The molecule has 0 radical (unpaired) electrons. The molecule has 180 valence electrons. The highest BCUT2D eigenvalue weighted by Crippen LogP contribution is 2.23. The minimum atomic E-state index is -0.631. The number of anilines is 1. The average Bonchev–Trinajstić information content (AvgIpc) is 3.29. The molecule has 36 heavy (non-hydrogen) atoms.